The first-order chi connectivity index (χ1) is 9.45. The monoisotopic (exact) mass is 280 g/mol. The molecule has 20 heavy (non-hydrogen) atoms. The van der Waals surface area contributed by atoms with E-state index in [0.717, 1.165) is 0 Å². The van der Waals surface area contributed by atoms with E-state index in [1.165, 1.54) is 7.11 Å². The molecule has 0 radical (unpaired) electrons. The summed E-state index contributed by atoms with van der Waals surface area (Å²) in [6.07, 6.45) is 2.19. The van der Waals surface area contributed by atoms with E-state index < -0.39 is 11.9 Å². The topological polar surface area (TPSA) is 79.7 Å². The normalized spacial score (nSPS) is 10.4. The molecule has 0 amide bonds. The molecule has 1 aromatic heterocycles. The number of anilines is 1. The van der Waals surface area contributed by atoms with Crippen LogP contribution in [0.4, 0.5) is 5.82 Å². The molecule has 110 valence electrons. The number of ether oxygens (including phenoxy) is 1. The lowest BCUT2D eigenvalue weighted by Gasteiger charge is -2.27. The molecule has 0 aliphatic rings. The van der Waals surface area contributed by atoms with Crippen molar-refractivity contribution in [2.24, 2.45) is 0 Å². The van der Waals surface area contributed by atoms with Crippen LogP contribution in [0.2, 0.25) is 0 Å². The number of esters is 1. The Labute approximate surface area is 118 Å². The number of carbonyl (C=O) groups is 2. The Morgan fingerprint density at radius 3 is 2.70 bits per heavy atom. The predicted octanol–water partition coefficient (Wildman–Crippen LogP) is 1.95. The van der Waals surface area contributed by atoms with Gasteiger partial charge in [0, 0.05) is 25.2 Å². The molecule has 0 aliphatic heterocycles. The van der Waals surface area contributed by atoms with Gasteiger partial charge in [0.2, 0.25) is 0 Å². The lowest BCUT2D eigenvalue weighted by atomic mass is 10.2. The van der Waals surface area contributed by atoms with Gasteiger partial charge in [-0.05, 0) is 32.4 Å². The fraction of sp³-hybridized carbons (Fsp3) is 0.500. The first-order valence-electron chi connectivity index (χ1n) is 6.48. The zero-order valence-corrected chi connectivity index (χ0v) is 12.0. The smallest absolute Gasteiger partial charge is 0.338 e. The Hall–Kier alpha value is -2.11. The average molecular weight is 280 g/mol. The second-order valence-corrected chi connectivity index (χ2v) is 4.68. The summed E-state index contributed by atoms with van der Waals surface area (Å²) in [7, 11) is 1.33. The molecule has 6 nitrogen and oxygen atoms in total. The third-order valence-corrected chi connectivity index (χ3v) is 2.87. The number of carbonyl (C=O) groups excluding carboxylic acids is 1. The summed E-state index contributed by atoms with van der Waals surface area (Å²) >= 11 is 0. The molecule has 0 unspecified atom stereocenters. The zero-order chi connectivity index (χ0) is 15.1. The van der Waals surface area contributed by atoms with Gasteiger partial charge in [-0.1, -0.05) is 0 Å². The third kappa shape index (κ3) is 4.53. The molecule has 0 bridgehead atoms. The maximum atomic E-state index is 11.5. The van der Waals surface area contributed by atoms with Gasteiger partial charge in [-0.2, -0.15) is 0 Å². The van der Waals surface area contributed by atoms with E-state index in [0.29, 0.717) is 24.3 Å². The maximum absolute atomic E-state index is 11.5. The molecule has 0 saturated carbocycles. The first-order valence-corrected chi connectivity index (χ1v) is 6.48. The number of aliphatic carboxylic acids is 1. The van der Waals surface area contributed by atoms with Gasteiger partial charge in [-0.3, -0.25) is 4.79 Å². The lowest BCUT2D eigenvalue weighted by molar-refractivity contribution is -0.137. The molecule has 0 atom stereocenters. The molecule has 0 spiro atoms. The van der Waals surface area contributed by atoms with Crippen molar-refractivity contribution in [1.82, 2.24) is 4.98 Å². The quantitative estimate of drug-likeness (QED) is 0.769. The molecule has 0 saturated heterocycles. The molecule has 1 N–H and O–H groups in total. The number of carboxylic acid groups (broad SMARTS) is 1. The van der Waals surface area contributed by atoms with E-state index in [-0.39, 0.29) is 12.5 Å². The van der Waals surface area contributed by atoms with Crippen molar-refractivity contribution in [3.63, 3.8) is 0 Å². The number of aromatic nitrogens is 1. The van der Waals surface area contributed by atoms with E-state index in [9.17, 15) is 9.59 Å². The highest BCUT2D eigenvalue weighted by Gasteiger charge is 2.15. The third-order valence-electron chi connectivity index (χ3n) is 2.87. The van der Waals surface area contributed by atoms with E-state index in [4.69, 9.17) is 5.11 Å². The van der Waals surface area contributed by atoms with Crippen molar-refractivity contribution in [2.75, 3.05) is 18.6 Å². The fourth-order valence-electron chi connectivity index (χ4n) is 1.86. The highest BCUT2D eigenvalue weighted by Crippen LogP contribution is 2.17. The van der Waals surface area contributed by atoms with Gasteiger partial charge in [0.25, 0.3) is 0 Å². The van der Waals surface area contributed by atoms with Crippen molar-refractivity contribution in [1.29, 1.82) is 0 Å². The van der Waals surface area contributed by atoms with Crippen LogP contribution in [-0.2, 0) is 9.53 Å². The summed E-state index contributed by atoms with van der Waals surface area (Å²) < 4.78 is 4.68. The van der Waals surface area contributed by atoms with E-state index in [1.807, 2.05) is 18.7 Å². The number of carboxylic acids is 1. The lowest BCUT2D eigenvalue weighted by Crippen LogP contribution is -2.33. The van der Waals surface area contributed by atoms with Crippen molar-refractivity contribution < 1.29 is 19.4 Å². The molecule has 6 heteroatoms. The fourth-order valence-corrected chi connectivity index (χ4v) is 1.86. The van der Waals surface area contributed by atoms with Crippen LogP contribution < -0.4 is 4.90 Å². The van der Waals surface area contributed by atoms with Crippen LogP contribution in [-0.4, -0.2) is 41.7 Å². The van der Waals surface area contributed by atoms with Gasteiger partial charge in [0.15, 0.2) is 0 Å². The van der Waals surface area contributed by atoms with Crippen LogP contribution >= 0.6 is 0 Å². The summed E-state index contributed by atoms with van der Waals surface area (Å²) in [5.41, 5.74) is 0.432. The van der Waals surface area contributed by atoms with Crippen LogP contribution in [0.15, 0.2) is 18.3 Å². The largest absolute Gasteiger partial charge is 0.481 e. The second-order valence-electron chi connectivity index (χ2n) is 4.68. The van der Waals surface area contributed by atoms with Crippen LogP contribution in [0, 0.1) is 0 Å². The maximum Gasteiger partial charge on any atom is 0.338 e. The van der Waals surface area contributed by atoms with Crippen molar-refractivity contribution in [2.45, 2.75) is 32.7 Å². The minimum Gasteiger partial charge on any atom is -0.481 e. The first kappa shape index (κ1) is 15.9. The Morgan fingerprint density at radius 2 is 2.15 bits per heavy atom. The van der Waals surface area contributed by atoms with Gasteiger partial charge in [0.05, 0.1) is 12.7 Å². The van der Waals surface area contributed by atoms with Gasteiger partial charge < -0.3 is 14.7 Å². The Bertz CT molecular complexity index is 474. The van der Waals surface area contributed by atoms with E-state index in [2.05, 4.69) is 9.72 Å². The predicted molar refractivity (Wildman–Crippen MR) is 74.9 cm³/mol. The zero-order valence-electron chi connectivity index (χ0n) is 12.0. The van der Waals surface area contributed by atoms with E-state index >= 15 is 0 Å². The summed E-state index contributed by atoms with van der Waals surface area (Å²) in [5, 5.41) is 8.69. The van der Waals surface area contributed by atoms with Gasteiger partial charge in [-0.25, -0.2) is 9.78 Å². The van der Waals surface area contributed by atoms with Gasteiger partial charge in [0.1, 0.15) is 5.82 Å². The van der Waals surface area contributed by atoms with Crippen molar-refractivity contribution in [3.05, 3.63) is 23.9 Å². The summed E-state index contributed by atoms with van der Waals surface area (Å²) in [6, 6.07) is 3.40. The molecule has 0 aromatic carbocycles. The SMILES string of the molecule is COC(=O)c1ccnc(N(CCCC(=O)O)C(C)C)c1. The number of hydrogen-bond donors (Lipinski definition) is 1. The number of pyridine rings is 1. The standard InChI is InChI=1S/C14H20N2O4/c1-10(2)16(8-4-5-13(17)18)12-9-11(6-7-15-12)14(19)20-3/h6-7,9-10H,4-5,8H2,1-3H3,(H,17,18). The van der Waals surface area contributed by atoms with Crippen LogP contribution in [0.25, 0.3) is 0 Å². The van der Waals surface area contributed by atoms with Crippen LogP contribution in [0.1, 0.15) is 37.0 Å². The number of rotatable bonds is 7. The molecular weight excluding hydrogens is 260 g/mol. The number of methoxy groups -OCH3 is 1. The Kier molecular flexibility index (Phi) is 5.96. The summed E-state index contributed by atoms with van der Waals surface area (Å²) in [5.74, 6) is -0.582. The molecule has 1 aromatic rings. The Morgan fingerprint density at radius 1 is 1.45 bits per heavy atom. The number of nitrogens with zero attached hydrogens (tertiary/aromatic N) is 2. The molecule has 1 rings (SSSR count). The summed E-state index contributed by atoms with van der Waals surface area (Å²) in [6.45, 7) is 4.56. The van der Waals surface area contributed by atoms with Crippen molar-refractivity contribution >= 4 is 17.8 Å². The molecular formula is C14H20N2O4. The Balaban J connectivity index is 2.86. The molecule has 0 aliphatic carbocycles. The van der Waals surface area contributed by atoms with E-state index in [1.54, 1.807) is 18.3 Å². The average Bonchev–Trinajstić information content (AvgIpc) is 2.42. The van der Waals surface area contributed by atoms with Crippen LogP contribution in [0.3, 0.4) is 0 Å². The second kappa shape index (κ2) is 7.47. The minimum absolute atomic E-state index is 0.111. The molecule has 1 heterocycles. The van der Waals surface area contributed by atoms with Crippen LogP contribution in [0.5, 0.6) is 0 Å². The van der Waals surface area contributed by atoms with Crippen molar-refractivity contribution in [3.8, 4) is 0 Å². The summed E-state index contributed by atoms with van der Waals surface area (Å²) in [4.78, 5) is 28.3. The number of hydrogen-bond acceptors (Lipinski definition) is 5. The highest BCUT2D eigenvalue weighted by atomic mass is 16.5. The van der Waals surface area contributed by atoms with Gasteiger partial charge >= 0.3 is 11.9 Å². The van der Waals surface area contributed by atoms with Gasteiger partial charge in [-0.15, -0.1) is 0 Å². The molecule has 0 fully saturated rings. The highest BCUT2D eigenvalue weighted by molar-refractivity contribution is 5.90. The minimum atomic E-state index is -0.815.